The Labute approximate surface area is 121 Å². The summed E-state index contributed by atoms with van der Waals surface area (Å²) in [6.45, 7) is 18.2. The summed E-state index contributed by atoms with van der Waals surface area (Å²) < 4.78 is 0. The monoisotopic (exact) mass is 265 g/mol. The van der Waals surface area contributed by atoms with E-state index < -0.39 is 0 Å². The first-order valence-electron chi connectivity index (χ1n) is 7.98. The number of unbranched alkanes of at least 4 members (excludes halogenated alkanes) is 2. The molecule has 0 aromatic carbocycles. The highest BCUT2D eigenvalue weighted by Crippen LogP contribution is 2.45. The summed E-state index contributed by atoms with van der Waals surface area (Å²) in [7, 11) is 0. The lowest BCUT2D eigenvalue weighted by molar-refractivity contribution is 0.0469. The third-order valence-electron chi connectivity index (χ3n) is 4.77. The lowest BCUT2D eigenvalue weighted by atomic mass is 9.63. The average molecular weight is 265 g/mol. The molecule has 0 aromatic rings. The van der Waals surface area contributed by atoms with Crippen LogP contribution in [0.5, 0.6) is 0 Å². The van der Waals surface area contributed by atoms with E-state index in [1.807, 2.05) is 6.08 Å². The molecule has 112 valence electrons. The van der Waals surface area contributed by atoms with E-state index in [1.54, 1.807) is 0 Å². The zero-order valence-corrected chi connectivity index (χ0v) is 14.1. The molecular weight excluding hydrogens is 230 g/mol. The summed E-state index contributed by atoms with van der Waals surface area (Å²) in [6.07, 6.45) is 9.78. The van der Waals surface area contributed by atoms with Crippen LogP contribution in [0.15, 0.2) is 12.7 Å². The molecule has 1 heterocycles. The van der Waals surface area contributed by atoms with Gasteiger partial charge in [-0.2, -0.15) is 0 Å². The van der Waals surface area contributed by atoms with Crippen molar-refractivity contribution < 1.29 is 0 Å². The van der Waals surface area contributed by atoms with Gasteiger partial charge in [-0.15, -0.1) is 6.58 Å². The molecule has 0 radical (unpaired) electrons. The average Bonchev–Trinajstić information content (AvgIpc) is 2.20. The van der Waals surface area contributed by atoms with Gasteiger partial charge in [0, 0.05) is 11.1 Å². The quantitative estimate of drug-likeness (QED) is 0.506. The van der Waals surface area contributed by atoms with Gasteiger partial charge < -0.3 is 5.32 Å². The van der Waals surface area contributed by atoms with Crippen molar-refractivity contribution >= 4 is 0 Å². The van der Waals surface area contributed by atoms with Crippen molar-refractivity contribution in [1.82, 2.24) is 5.32 Å². The molecule has 19 heavy (non-hydrogen) atoms. The van der Waals surface area contributed by atoms with Gasteiger partial charge in [0.1, 0.15) is 0 Å². The van der Waals surface area contributed by atoms with E-state index in [4.69, 9.17) is 0 Å². The van der Waals surface area contributed by atoms with Crippen molar-refractivity contribution in [3.8, 4) is 0 Å². The molecular formula is C18H35N. The number of allylic oxidation sites excluding steroid dienone is 1. The molecule has 1 heteroatoms. The van der Waals surface area contributed by atoms with Crippen LogP contribution in [0.25, 0.3) is 0 Å². The van der Waals surface area contributed by atoms with Gasteiger partial charge in [0.2, 0.25) is 0 Å². The van der Waals surface area contributed by atoms with Crippen molar-refractivity contribution in [1.29, 1.82) is 0 Å². The van der Waals surface area contributed by atoms with Gasteiger partial charge in [0.15, 0.2) is 0 Å². The highest BCUT2D eigenvalue weighted by Gasteiger charge is 2.43. The van der Waals surface area contributed by atoms with E-state index in [0.717, 1.165) is 5.92 Å². The maximum absolute atomic E-state index is 3.81. The topological polar surface area (TPSA) is 12.0 Å². The van der Waals surface area contributed by atoms with Crippen molar-refractivity contribution in [2.45, 2.75) is 91.1 Å². The smallest absolute Gasteiger partial charge is 0.0132 e. The minimum Gasteiger partial charge on any atom is -0.307 e. The van der Waals surface area contributed by atoms with Crippen molar-refractivity contribution in [3.63, 3.8) is 0 Å². The van der Waals surface area contributed by atoms with Gasteiger partial charge in [0.05, 0.1) is 0 Å². The molecule has 0 aliphatic carbocycles. The van der Waals surface area contributed by atoms with Gasteiger partial charge >= 0.3 is 0 Å². The standard InChI is InChI=1S/C18H35N/c1-8-9-10-11-12-16(2,3)15-13-17(4,5)19-18(6,7)14-15/h8,15,19H,1,9-14H2,2-7H3. The molecule has 0 aromatic heterocycles. The Morgan fingerprint density at radius 2 is 1.63 bits per heavy atom. The molecule has 1 aliphatic heterocycles. The second-order valence-corrected chi connectivity index (χ2v) is 8.52. The van der Waals surface area contributed by atoms with Crippen LogP contribution in [-0.4, -0.2) is 11.1 Å². The fraction of sp³-hybridized carbons (Fsp3) is 0.889. The normalized spacial score (nSPS) is 23.3. The predicted molar refractivity (Wildman–Crippen MR) is 86.5 cm³/mol. The zero-order valence-electron chi connectivity index (χ0n) is 14.1. The maximum Gasteiger partial charge on any atom is 0.0132 e. The first kappa shape index (κ1) is 16.8. The highest BCUT2D eigenvalue weighted by molar-refractivity contribution is 5.00. The Hall–Kier alpha value is -0.300. The molecule has 0 amide bonds. The molecule has 1 fully saturated rings. The van der Waals surface area contributed by atoms with Crippen molar-refractivity contribution in [2.75, 3.05) is 0 Å². The van der Waals surface area contributed by atoms with Gasteiger partial charge in [-0.3, -0.25) is 0 Å². The minimum absolute atomic E-state index is 0.269. The third-order valence-corrected chi connectivity index (χ3v) is 4.77. The Bertz CT molecular complexity index is 283. The summed E-state index contributed by atoms with van der Waals surface area (Å²) >= 11 is 0. The van der Waals surface area contributed by atoms with Crippen molar-refractivity contribution in [2.24, 2.45) is 11.3 Å². The van der Waals surface area contributed by atoms with Crippen LogP contribution in [0.2, 0.25) is 0 Å². The Balaban J connectivity index is 2.63. The van der Waals surface area contributed by atoms with E-state index in [9.17, 15) is 0 Å². The Morgan fingerprint density at radius 1 is 1.11 bits per heavy atom. The van der Waals surface area contributed by atoms with Crippen molar-refractivity contribution in [3.05, 3.63) is 12.7 Å². The lowest BCUT2D eigenvalue weighted by Crippen LogP contribution is -2.59. The summed E-state index contributed by atoms with van der Waals surface area (Å²) in [5, 5.41) is 3.80. The summed E-state index contributed by atoms with van der Waals surface area (Å²) in [4.78, 5) is 0. The molecule has 1 aliphatic rings. The first-order valence-corrected chi connectivity index (χ1v) is 7.98. The van der Waals surface area contributed by atoms with Crippen LogP contribution in [0.4, 0.5) is 0 Å². The fourth-order valence-corrected chi connectivity index (χ4v) is 3.95. The van der Waals surface area contributed by atoms with Gasteiger partial charge in [-0.1, -0.05) is 26.3 Å². The number of rotatable bonds is 6. The molecule has 1 N–H and O–H groups in total. The number of hydrogen-bond donors (Lipinski definition) is 1. The van der Waals surface area contributed by atoms with Crippen LogP contribution < -0.4 is 5.32 Å². The second kappa shape index (κ2) is 5.99. The molecule has 0 spiro atoms. The van der Waals surface area contributed by atoms with Gasteiger partial charge in [-0.05, 0) is 71.1 Å². The Kier molecular flexibility index (Phi) is 5.28. The highest BCUT2D eigenvalue weighted by atomic mass is 15.0. The summed E-state index contributed by atoms with van der Waals surface area (Å²) in [6, 6.07) is 0. The largest absolute Gasteiger partial charge is 0.307 e. The van der Waals surface area contributed by atoms with Gasteiger partial charge in [-0.25, -0.2) is 0 Å². The van der Waals surface area contributed by atoms with Crippen LogP contribution in [0.3, 0.4) is 0 Å². The number of hydrogen-bond acceptors (Lipinski definition) is 1. The third kappa shape index (κ3) is 5.30. The number of nitrogens with one attached hydrogen (secondary N) is 1. The van der Waals surface area contributed by atoms with Crippen LogP contribution in [-0.2, 0) is 0 Å². The van der Waals surface area contributed by atoms with Crippen LogP contribution >= 0.6 is 0 Å². The fourth-order valence-electron chi connectivity index (χ4n) is 3.95. The summed E-state index contributed by atoms with van der Waals surface area (Å²) in [5.41, 5.74) is 0.993. The minimum atomic E-state index is 0.269. The molecule has 1 rings (SSSR count). The molecule has 0 unspecified atom stereocenters. The van der Waals surface area contributed by atoms with E-state index >= 15 is 0 Å². The maximum atomic E-state index is 3.81. The SMILES string of the molecule is C=CCCCCC(C)(C)C1CC(C)(C)NC(C)(C)C1. The molecule has 0 atom stereocenters. The Morgan fingerprint density at radius 3 is 2.11 bits per heavy atom. The first-order chi connectivity index (χ1) is 8.58. The second-order valence-electron chi connectivity index (χ2n) is 8.52. The number of piperidine rings is 1. The van der Waals surface area contributed by atoms with E-state index in [-0.39, 0.29) is 11.1 Å². The van der Waals surface area contributed by atoms with Crippen LogP contribution in [0, 0.1) is 11.3 Å². The molecule has 0 bridgehead atoms. The van der Waals surface area contributed by atoms with Gasteiger partial charge in [0.25, 0.3) is 0 Å². The molecule has 0 saturated carbocycles. The predicted octanol–water partition coefficient (Wildman–Crippen LogP) is 5.32. The van der Waals surface area contributed by atoms with E-state index in [0.29, 0.717) is 5.41 Å². The van der Waals surface area contributed by atoms with Crippen LogP contribution in [0.1, 0.15) is 80.1 Å². The summed E-state index contributed by atoms with van der Waals surface area (Å²) in [5.74, 6) is 0.822. The van der Waals surface area contributed by atoms with E-state index in [2.05, 4.69) is 53.4 Å². The lowest BCUT2D eigenvalue weighted by Gasteiger charge is -2.51. The molecule has 1 saturated heterocycles. The van der Waals surface area contributed by atoms with E-state index in [1.165, 1.54) is 38.5 Å². The molecule has 1 nitrogen and oxygen atoms in total. The zero-order chi connectivity index (χ0) is 14.7.